The Morgan fingerprint density at radius 3 is 0.919 bits per heavy atom. The molecule has 0 saturated heterocycles. The molecule has 506 valence electrons. The molecule has 6 heteroatoms. The first-order valence-corrected chi connectivity index (χ1v) is 38.9. The van der Waals surface area contributed by atoms with Gasteiger partial charge in [-0.05, 0) is 89.9 Å². The Kier molecular flexibility index (Phi) is 73.4. The van der Waals surface area contributed by atoms with Crippen molar-refractivity contribution in [2.24, 2.45) is 0 Å². The summed E-state index contributed by atoms with van der Waals surface area (Å²) in [6, 6.07) is -0.626. The highest BCUT2D eigenvalue weighted by atomic mass is 16.5. The average molecular weight is 1210 g/mol. The summed E-state index contributed by atoms with van der Waals surface area (Å²) in [7, 11) is 0. The molecule has 2 unspecified atom stereocenters. The fraction of sp³-hybridized carbons (Fsp3) is 0.875. The Hall–Kier alpha value is -2.18. The molecule has 2 atom stereocenters. The molecule has 0 saturated carbocycles. The maximum absolute atomic E-state index is 12.5. The Labute approximate surface area is 537 Å². The second kappa shape index (κ2) is 75.3. The molecule has 0 heterocycles. The highest BCUT2D eigenvalue weighted by molar-refractivity contribution is 5.76. The molecule has 3 N–H and O–H groups in total. The van der Waals surface area contributed by atoms with Crippen LogP contribution in [-0.2, 0) is 14.3 Å². The summed E-state index contributed by atoms with van der Waals surface area (Å²) in [4.78, 5) is 24.6. The molecule has 0 radical (unpaired) electrons. The topological polar surface area (TPSA) is 95.9 Å². The molecule has 0 aromatic rings. The van der Waals surface area contributed by atoms with Crippen LogP contribution >= 0.6 is 0 Å². The van der Waals surface area contributed by atoms with Crippen molar-refractivity contribution in [1.29, 1.82) is 0 Å². The highest BCUT2D eigenvalue weighted by Crippen LogP contribution is 2.19. The average Bonchev–Trinajstić information content (AvgIpc) is 3.53. The van der Waals surface area contributed by atoms with Gasteiger partial charge in [0.05, 0.1) is 25.4 Å². The van der Waals surface area contributed by atoms with E-state index in [2.05, 4.69) is 55.6 Å². The lowest BCUT2D eigenvalue weighted by Gasteiger charge is -2.20. The predicted molar refractivity (Wildman–Crippen MR) is 379 cm³/mol. The molecule has 0 fully saturated rings. The van der Waals surface area contributed by atoms with E-state index in [-0.39, 0.29) is 18.5 Å². The highest BCUT2D eigenvalue weighted by Gasteiger charge is 2.18. The zero-order valence-electron chi connectivity index (χ0n) is 58.1. The monoisotopic (exact) mass is 1210 g/mol. The van der Waals surface area contributed by atoms with Crippen molar-refractivity contribution < 1.29 is 24.5 Å². The number of carbonyl (C=O) groups is 2. The zero-order chi connectivity index (χ0) is 62.0. The van der Waals surface area contributed by atoms with Crippen LogP contribution in [0.4, 0.5) is 0 Å². The number of ether oxygens (including phenoxy) is 1. The molecule has 0 rings (SSSR count). The number of aliphatic hydroxyl groups is 2. The molecule has 0 spiro atoms. The molecule has 0 aliphatic rings. The third kappa shape index (κ3) is 70.9. The van der Waals surface area contributed by atoms with Crippen molar-refractivity contribution in [3.8, 4) is 0 Å². The number of nitrogens with one attached hydrogen (secondary N) is 1. The number of hydrogen-bond acceptors (Lipinski definition) is 5. The summed E-state index contributed by atoms with van der Waals surface area (Å²) < 4.78 is 5.48. The van der Waals surface area contributed by atoms with Crippen LogP contribution in [0.15, 0.2) is 48.6 Å². The largest absolute Gasteiger partial charge is 0.466 e. The molecular formula is C80H151NO5. The normalized spacial score (nSPS) is 12.7. The summed E-state index contributed by atoms with van der Waals surface area (Å²) in [6.45, 7) is 4.91. The molecule has 0 aromatic carbocycles. The van der Waals surface area contributed by atoms with Crippen molar-refractivity contribution in [2.45, 2.75) is 437 Å². The van der Waals surface area contributed by atoms with E-state index in [1.54, 1.807) is 6.08 Å². The number of unbranched alkanes of at least 4 members (excludes halogenated alkanes) is 56. The predicted octanol–water partition coefficient (Wildman–Crippen LogP) is 25.6. The van der Waals surface area contributed by atoms with Gasteiger partial charge >= 0.3 is 5.97 Å². The Morgan fingerprint density at radius 2 is 0.581 bits per heavy atom. The van der Waals surface area contributed by atoms with Gasteiger partial charge in [0.25, 0.3) is 0 Å². The van der Waals surface area contributed by atoms with Crippen LogP contribution in [0.3, 0.4) is 0 Å². The van der Waals surface area contributed by atoms with Gasteiger partial charge in [0.1, 0.15) is 0 Å². The first-order chi connectivity index (χ1) is 42.5. The lowest BCUT2D eigenvalue weighted by Crippen LogP contribution is -2.45. The smallest absolute Gasteiger partial charge is 0.305 e. The van der Waals surface area contributed by atoms with Crippen LogP contribution < -0.4 is 5.32 Å². The van der Waals surface area contributed by atoms with Crippen LogP contribution in [0.1, 0.15) is 425 Å². The van der Waals surface area contributed by atoms with Crippen molar-refractivity contribution in [1.82, 2.24) is 5.32 Å². The summed E-state index contributed by atoms with van der Waals surface area (Å²) in [5, 5.41) is 23.2. The Morgan fingerprint density at radius 1 is 0.326 bits per heavy atom. The number of esters is 1. The number of rotatable bonds is 73. The van der Waals surface area contributed by atoms with E-state index >= 15 is 0 Å². The van der Waals surface area contributed by atoms with Crippen LogP contribution in [0, 0.1) is 0 Å². The summed E-state index contributed by atoms with van der Waals surface area (Å²) in [5.41, 5.74) is 0. The SMILES string of the molecule is CCCCC/C=C\CCCCCCCC(=O)OCCCCCCCCCCCCCCCCC/C=C\C/C=C\CCCCCCCCCCCCCCCCCCCC(=O)NC(CO)C(O)/C=C/CCCCCCCCCCCCCCCCCC. The number of amides is 1. The van der Waals surface area contributed by atoms with Gasteiger partial charge < -0.3 is 20.3 Å². The minimum atomic E-state index is -0.843. The fourth-order valence-electron chi connectivity index (χ4n) is 12.1. The number of carbonyl (C=O) groups excluding carboxylic acids is 2. The third-order valence-corrected chi connectivity index (χ3v) is 18.1. The molecule has 0 bridgehead atoms. The standard InChI is InChI=1S/C80H151NO5/c1-3-5-7-9-11-13-15-17-18-19-43-46-49-52-56-60-64-68-72-78(83)77(76-82)81-79(84)73-69-65-61-57-53-50-47-44-41-39-37-35-33-31-29-27-25-23-21-20-22-24-26-28-30-32-34-36-38-40-42-45-48-51-55-59-63-67-71-75-86-80(85)74-70-66-62-58-54-16-14-12-10-8-6-4-2/h12,14,20-21,24,26,68,72,77-78,82-83H,3-11,13,15-19,22-23,25,27-67,69-71,73-76H2,1-2H3,(H,81,84)/b14-12-,21-20-,26-24-,72-68+. The molecule has 86 heavy (non-hydrogen) atoms. The van der Waals surface area contributed by atoms with Crippen LogP contribution in [0.5, 0.6) is 0 Å². The Bertz CT molecular complexity index is 1440. The lowest BCUT2D eigenvalue weighted by atomic mass is 10.0. The van der Waals surface area contributed by atoms with Gasteiger partial charge in [-0.2, -0.15) is 0 Å². The first kappa shape index (κ1) is 83.8. The number of hydrogen-bond donors (Lipinski definition) is 3. The van der Waals surface area contributed by atoms with E-state index in [1.807, 2.05) is 6.08 Å². The maximum atomic E-state index is 12.5. The second-order valence-electron chi connectivity index (χ2n) is 26.7. The quantitative estimate of drug-likeness (QED) is 0.0320. The van der Waals surface area contributed by atoms with Gasteiger partial charge in [0.15, 0.2) is 0 Å². The van der Waals surface area contributed by atoms with Crippen LogP contribution in [-0.4, -0.2) is 47.4 Å². The minimum Gasteiger partial charge on any atom is -0.466 e. The summed E-state index contributed by atoms with van der Waals surface area (Å²) in [5.74, 6) is -0.0513. The minimum absolute atomic E-state index is 0.0102. The van der Waals surface area contributed by atoms with Crippen molar-refractivity contribution >= 4 is 11.9 Å². The molecule has 6 nitrogen and oxygen atoms in total. The van der Waals surface area contributed by atoms with E-state index in [0.717, 1.165) is 51.4 Å². The van der Waals surface area contributed by atoms with E-state index in [0.29, 0.717) is 19.4 Å². The van der Waals surface area contributed by atoms with E-state index in [1.165, 1.54) is 347 Å². The van der Waals surface area contributed by atoms with Crippen LogP contribution in [0.25, 0.3) is 0 Å². The van der Waals surface area contributed by atoms with Gasteiger partial charge in [-0.3, -0.25) is 9.59 Å². The summed E-state index contributed by atoms with van der Waals surface area (Å²) in [6.07, 6.45) is 99.5. The zero-order valence-corrected chi connectivity index (χ0v) is 58.1. The second-order valence-corrected chi connectivity index (χ2v) is 26.7. The van der Waals surface area contributed by atoms with Gasteiger partial charge in [0, 0.05) is 12.8 Å². The van der Waals surface area contributed by atoms with Gasteiger partial charge in [-0.1, -0.05) is 371 Å². The first-order valence-electron chi connectivity index (χ1n) is 38.9. The third-order valence-electron chi connectivity index (χ3n) is 18.1. The van der Waals surface area contributed by atoms with Crippen molar-refractivity contribution in [3.63, 3.8) is 0 Å². The lowest BCUT2D eigenvalue weighted by molar-refractivity contribution is -0.143. The number of allylic oxidation sites excluding steroid dienone is 7. The maximum Gasteiger partial charge on any atom is 0.305 e. The fourth-order valence-corrected chi connectivity index (χ4v) is 12.1. The van der Waals surface area contributed by atoms with Gasteiger partial charge in [0.2, 0.25) is 5.91 Å². The molecular weight excluding hydrogens is 1050 g/mol. The van der Waals surface area contributed by atoms with Crippen molar-refractivity contribution in [3.05, 3.63) is 48.6 Å². The molecule has 0 aromatic heterocycles. The number of aliphatic hydroxyl groups excluding tert-OH is 2. The van der Waals surface area contributed by atoms with Gasteiger partial charge in [-0.15, -0.1) is 0 Å². The summed E-state index contributed by atoms with van der Waals surface area (Å²) >= 11 is 0. The van der Waals surface area contributed by atoms with Crippen molar-refractivity contribution in [2.75, 3.05) is 13.2 Å². The van der Waals surface area contributed by atoms with E-state index in [4.69, 9.17) is 4.74 Å². The molecule has 1 amide bonds. The molecule has 0 aliphatic heterocycles. The van der Waals surface area contributed by atoms with Crippen LogP contribution in [0.2, 0.25) is 0 Å². The van der Waals surface area contributed by atoms with Gasteiger partial charge in [-0.25, -0.2) is 0 Å². The van der Waals surface area contributed by atoms with E-state index in [9.17, 15) is 19.8 Å². The Balaban J connectivity index is 3.37. The van der Waals surface area contributed by atoms with E-state index < -0.39 is 12.1 Å². The molecule has 0 aliphatic carbocycles.